The van der Waals surface area contributed by atoms with E-state index in [2.05, 4.69) is 4.98 Å². The molecule has 0 saturated heterocycles. The largest absolute Gasteiger partial charge is 0.396 e. The molecule has 0 spiro atoms. The van der Waals surface area contributed by atoms with E-state index in [0.717, 1.165) is 11.4 Å². The first kappa shape index (κ1) is 8.16. The maximum absolute atomic E-state index is 9.12. The molecule has 1 aliphatic rings. The topological polar surface area (TPSA) is 59.1 Å². The number of hydrogen-bond donors (Lipinski definition) is 2. The zero-order valence-electron chi connectivity index (χ0n) is 6.73. The fraction of sp³-hybridized carbons (Fsp3) is 0.625. The highest BCUT2D eigenvalue weighted by Crippen LogP contribution is 2.58. The molecule has 12 heavy (non-hydrogen) atoms. The van der Waals surface area contributed by atoms with Crippen LogP contribution in [0.3, 0.4) is 0 Å². The van der Waals surface area contributed by atoms with Gasteiger partial charge in [0.15, 0.2) is 0 Å². The van der Waals surface area contributed by atoms with Crippen LogP contribution in [-0.2, 0) is 0 Å². The Morgan fingerprint density at radius 2 is 2.67 bits per heavy atom. The van der Waals surface area contributed by atoms with Crippen molar-refractivity contribution in [1.82, 2.24) is 4.98 Å². The van der Waals surface area contributed by atoms with Crippen LogP contribution in [0.1, 0.15) is 17.3 Å². The molecular weight excluding hydrogens is 172 g/mol. The smallest absolute Gasteiger partial charge is 0.0962 e. The first-order valence-corrected chi connectivity index (χ1v) is 4.91. The van der Waals surface area contributed by atoms with E-state index >= 15 is 0 Å². The van der Waals surface area contributed by atoms with Gasteiger partial charge >= 0.3 is 0 Å². The van der Waals surface area contributed by atoms with Crippen molar-refractivity contribution in [3.05, 3.63) is 16.6 Å². The van der Waals surface area contributed by atoms with Gasteiger partial charge in [0.1, 0.15) is 0 Å². The third-order valence-electron chi connectivity index (χ3n) is 2.66. The van der Waals surface area contributed by atoms with Gasteiger partial charge in [-0.2, -0.15) is 0 Å². The maximum Gasteiger partial charge on any atom is 0.0962 e. The Bertz CT molecular complexity index is 256. The van der Waals surface area contributed by atoms with Crippen LogP contribution in [0.25, 0.3) is 0 Å². The second kappa shape index (κ2) is 2.80. The normalized spacial score (nSPS) is 33.7. The predicted molar refractivity (Wildman–Crippen MR) is 48.0 cm³/mol. The highest BCUT2D eigenvalue weighted by Gasteiger charge is 2.54. The van der Waals surface area contributed by atoms with Crippen LogP contribution in [0.4, 0.5) is 0 Å². The molecule has 1 fully saturated rings. The van der Waals surface area contributed by atoms with Gasteiger partial charge in [0.05, 0.1) is 11.6 Å². The SMILES string of the molecule is NCC1(CO)CC1c1nccs1. The molecule has 3 N–H and O–H groups in total. The number of nitrogens with two attached hydrogens (primary N) is 1. The molecule has 2 rings (SSSR count). The fourth-order valence-corrected chi connectivity index (χ4v) is 2.45. The van der Waals surface area contributed by atoms with Crippen molar-refractivity contribution < 1.29 is 5.11 Å². The summed E-state index contributed by atoms with van der Waals surface area (Å²) in [5.41, 5.74) is 5.55. The highest BCUT2D eigenvalue weighted by atomic mass is 32.1. The molecule has 1 saturated carbocycles. The average molecular weight is 184 g/mol. The second-order valence-electron chi connectivity index (χ2n) is 3.35. The van der Waals surface area contributed by atoms with Crippen molar-refractivity contribution in [3.63, 3.8) is 0 Å². The van der Waals surface area contributed by atoms with E-state index in [9.17, 15) is 0 Å². The quantitative estimate of drug-likeness (QED) is 0.722. The van der Waals surface area contributed by atoms with Crippen LogP contribution in [0.2, 0.25) is 0 Å². The number of thiazole rings is 1. The summed E-state index contributed by atoms with van der Waals surface area (Å²) in [5, 5.41) is 12.2. The van der Waals surface area contributed by atoms with Crippen molar-refractivity contribution in [3.8, 4) is 0 Å². The van der Waals surface area contributed by atoms with Crippen LogP contribution < -0.4 is 5.73 Å². The lowest BCUT2D eigenvalue weighted by atomic mass is 10.1. The van der Waals surface area contributed by atoms with E-state index in [1.165, 1.54) is 0 Å². The highest BCUT2D eigenvalue weighted by molar-refractivity contribution is 7.09. The van der Waals surface area contributed by atoms with Crippen LogP contribution in [0.5, 0.6) is 0 Å². The van der Waals surface area contributed by atoms with Gasteiger partial charge in [-0.15, -0.1) is 11.3 Å². The fourth-order valence-electron chi connectivity index (χ4n) is 1.57. The van der Waals surface area contributed by atoms with Gasteiger partial charge in [0.2, 0.25) is 0 Å². The molecule has 2 unspecified atom stereocenters. The second-order valence-corrected chi connectivity index (χ2v) is 4.28. The summed E-state index contributed by atoms with van der Waals surface area (Å²) in [4.78, 5) is 4.22. The average Bonchev–Trinajstić information content (AvgIpc) is 2.59. The third-order valence-corrected chi connectivity index (χ3v) is 3.55. The molecule has 0 aliphatic heterocycles. The summed E-state index contributed by atoms with van der Waals surface area (Å²) in [6.07, 6.45) is 2.80. The molecule has 4 heteroatoms. The van der Waals surface area contributed by atoms with Gasteiger partial charge in [-0.05, 0) is 6.42 Å². The Labute approximate surface area is 75.2 Å². The van der Waals surface area contributed by atoms with E-state index in [0.29, 0.717) is 12.5 Å². The lowest BCUT2D eigenvalue weighted by Crippen LogP contribution is -2.21. The molecule has 1 aromatic heterocycles. The Morgan fingerprint density at radius 1 is 1.83 bits per heavy atom. The molecule has 1 aromatic rings. The standard InChI is InChI=1S/C8H12N2OS/c9-4-8(5-11)3-6(8)7-10-1-2-12-7/h1-2,6,11H,3-5,9H2. The Hall–Kier alpha value is -0.450. The van der Waals surface area contributed by atoms with Crippen molar-refractivity contribution in [1.29, 1.82) is 0 Å². The van der Waals surface area contributed by atoms with Crippen molar-refractivity contribution in [2.24, 2.45) is 11.1 Å². The minimum Gasteiger partial charge on any atom is -0.396 e. The summed E-state index contributed by atoms with van der Waals surface area (Å²) in [6.45, 7) is 0.751. The summed E-state index contributed by atoms with van der Waals surface area (Å²) < 4.78 is 0. The molecule has 66 valence electrons. The first-order chi connectivity index (χ1) is 5.82. The first-order valence-electron chi connectivity index (χ1n) is 4.03. The van der Waals surface area contributed by atoms with Crippen LogP contribution in [0, 0.1) is 5.41 Å². The van der Waals surface area contributed by atoms with Gasteiger partial charge in [0.25, 0.3) is 0 Å². The molecule has 1 heterocycles. The maximum atomic E-state index is 9.12. The van der Waals surface area contributed by atoms with Crippen LogP contribution in [-0.4, -0.2) is 23.2 Å². The van der Waals surface area contributed by atoms with Gasteiger partial charge in [-0.1, -0.05) is 0 Å². The minimum atomic E-state index is -0.0438. The number of hydrogen-bond acceptors (Lipinski definition) is 4. The van der Waals surface area contributed by atoms with E-state index in [4.69, 9.17) is 10.8 Å². The molecule has 3 nitrogen and oxygen atoms in total. The monoisotopic (exact) mass is 184 g/mol. The zero-order valence-corrected chi connectivity index (χ0v) is 7.55. The number of aromatic nitrogens is 1. The van der Waals surface area contributed by atoms with Crippen LogP contribution >= 0.6 is 11.3 Å². The molecule has 0 radical (unpaired) electrons. The minimum absolute atomic E-state index is 0.0438. The van der Waals surface area contributed by atoms with Gasteiger partial charge < -0.3 is 10.8 Å². The molecule has 2 atom stereocenters. The van der Waals surface area contributed by atoms with Gasteiger partial charge in [-0.3, -0.25) is 0 Å². The Morgan fingerprint density at radius 3 is 3.08 bits per heavy atom. The van der Waals surface area contributed by atoms with E-state index < -0.39 is 0 Å². The number of rotatable bonds is 3. The van der Waals surface area contributed by atoms with Crippen LogP contribution in [0.15, 0.2) is 11.6 Å². The lowest BCUT2D eigenvalue weighted by Gasteiger charge is -2.08. The number of nitrogens with zero attached hydrogens (tertiary/aromatic N) is 1. The summed E-state index contributed by atoms with van der Waals surface area (Å²) in [6, 6.07) is 0. The molecule has 0 aromatic carbocycles. The van der Waals surface area contributed by atoms with E-state index in [1.54, 1.807) is 17.5 Å². The zero-order chi connectivity index (χ0) is 8.60. The summed E-state index contributed by atoms with van der Waals surface area (Å²) in [5.74, 6) is 0.410. The third kappa shape index (κ3) is 1.07. The summed E-state index contributed by atoms with van der Waals surface area (Å²) in [7, 11) is 0. The van der Waals surface area contributed by atoms with Crippen molar-refractivity contribution in [2.75, 3.05) is 13.2 Å². The number of aliphatic hydroxyl groups excluding tert-OH is 1. The van der Waals surface area contributed by atoms with Crippen molar-refractivity contribution in [2.45, 2.75) is 12.3 Å². The molecular formula is C8H12N2OS. The van der Waals surface area contributed by atoms with Crippen molar-refractivity contribution >= 4 is 11.3 Å². The Kier molecular flexibility index (Phi) is 1.90. The van der Waals surface area contributed by atoms with E-state index in [1.807, 2.05) is 5.38 Å². The molecule has 1 aliphatic carbocycles. The summed E-state index contributed by atoms with van der Waals surface area (Å²) >= 11 is 1.65. The molecule has 0 bridgehead atoms. The lowest BCUT2D eigenvalue weighted by molar-refractivity contribution is 0.211. The van der Waals surface area contributed by atoms with Gasteiger partial charge in [-0.25, -0.2) is 4.98 Å². The predicted octanol–water partition coefficient (Wildman–Crippen LogP) is 0.568. The van der Waals surface area contributed by atoms with Gasteiger partial charge in [0, 0.05) is 29.5 Å². The molecule has 0 amide bonds. The van der Waals surface area contributed by atoms with E-state index in [-0.39, 0.29) is 12.0 Å². The number of aliphatic hydroxyl groups is 1. The Balaban J connectivity index is 2.12.